The first-order valence-electron chi connectivity index (χ1n) is 7.71. The molecule has 1 aromatic rings. The Bertz CT molecular complexity index is 670. The van der Waals surface area contributed by atoms with Crippen molar-refractivity contribution in [1.29, 1.82) is 0 Å². The summed E-state index contributed by atoms with van der Waals surface area (Å²) >= 11 is 0. The highest BCUT2D eigenvalue weighted by Crippen LogP contribution is 2.62. The van der Waals surface area contributed by atoms with Crippen LogP contribution in [0.25, 0.3) is 0 Å². The summed E-state index contributed by atoms with van der Waals surface area (Å²) in [4.78, 5) is 2.43. The fourth-order valence-electron chi connectivity index (χ4n) is 5.24. The van der Waals surface area contributed by atoms with Crippen LogP contribution in [0.15, 0.2) is 24.3 Å². The molecule has 0 amide bonds. The van der Waals surface area contributed by atoms with E-state index in [-0.39, 0.29) is 17.3 Å². The number of likely N-dealkylation sites (tertiary alicyclic amines) is 1. The van der Waals surface area contributed by atoms with Gasteiger partial charge in [0.2, 0.25) is 0 Å². The molecule has 1 spiro atoms. The molecule has 4 aliphatic rings. The fourth-order valence-corrected chi connectivity index (χ4v) is 5.24. The molecule has 4 nitrogen and oxygen atoms in total. The van der Waals surface area contributed by atoms with E-state index in [0.29, 0.717) is 17.7 Å². The number of piperidine rings is 1. The molecule has 4 heteroatoms. The van der Waals surface area contributed by atoms with Gasteiger partial charge in [0.1, 0.15) is 12.2 Å². The average molecular weight is 285 g/mol. The van der Waals surface area contributed by atoms with E-state index in [1.54, 1.807) is 6.07 Å². The van der Waals surface area contributed by atoms with Gasteiger partial charge in [0.25, 0.3) is 0 Å². The first-order valence-corrected chi connectivity index (χ1v) is 7.71. The molecule has 1 unspecified atom stereocenters. The minimum atomic E-state index is -0.594. The van der Waals surface area contributed by atoms with E-state index in [0.717, 1.165) is 19.4 Å². The quantitative estimate of drug-likeness (QED) is 0.703. The summed E-state index contributed by atoms with van der Waals surface area (Å²) in [6.07, 6.45) is 5.18. The zero-order valence-corrected chi connectivity index (χ0v) is 12.0. The summed E-state index contributed by atoms with van der Waals surface area (Å²) in [5, 5.41) is 20.6. The summed E-state index contributed by atoms with van der Waals surface area (Å²) in [5.41, 5.74) is 2.29. The van der Waals surface area contributed by atoms with Crippen molar-refractivity contribution in [2.75, 3.05) is 13.6 Å². The number of hydrogen-bond acceptors (Lipinski definition) is 4. The molecule has 2 aliphatic carbocycles. The molecule has 110 valence electrons. The Morgan fingerprint density at radius 1 is 1.33 bits per heavy atom. The van der Waals surface area contributed by atoms with Gasteiger partial charge in [-0.05, 0) is 38.1 Å². The van der Waals surface area contributed by atoms with Gasteiger partial charge in [-0.3, -0.25) is 0 Å². The van der Waals surface area contributed by atoms with Crippen molar-refractivity contribution < 1.29 is 14.9 Å². The monoisotopic (exact) mass is 285 g/mol. The molecule has 0 saturated carbocycles. The number of phenols is 1. The van der Waals surface area contributed by atoms with Crippen LogP contribution in [0.2, 0.25) is 0 Å². The van der Waals surface area contributed by atoms with Gasteiger partial charge in [0.05, 0.1) is 0 Å². The Morgan fingerprint density at radius 3 is 3.05 bits per heavy atom. The lowest BCUT2D eigenvalue weighted by atomic mass is 9.53. The minimum Gasteiger partial charge on any atom is -0.504 e. The second-order valence-electron chi connectivity index (χ2n) is 6.93. The number of aliphatic hydroxyl groups is 1. The molecule has 2 N–H and O–H groups in total. The SMILES string of the molecule is CN1CCC23c4c5ccc(O)c4O[C@H]2[C@@H](O)C=C[C@H]3[C@H]1C5. The first-order chi connectivity index (χ1) is 10.1. The summed E-state index contributed by atoms with van der Waals surface area (Å²) in [6, 6.07) is 4.23. The van der Waals surface area contributed by atoms with Gasteiger partial charge < -0.3 is 19.8 Å². The maximum absolute atomic E-state index is 10.4. The molecule has 5 rings (SSSR count). The third-order valence-corrected chi connectivity index (χ3v) is 6.15. The summed E-state index contributed by atoms with van der Waals surface area (Å²) in [7, 11) is 2.19. The Labute approximate surface area is 123 Å². The molecule has 1 saturated heterocycles. The predicted octanol–water partition coefficient (Wildman–Crippen LogP) is 1.20. The van der Waals surface area contributed by atoms with Gasteiger partial charge in [-0.15, -0.1) is 0 Å². The predicted molar refractivity (Wildman–Crippen MR) is 77.6 cm³/mol. The van der Waals surface area contributed by atoms with Gasteiger partial charge in [-0.1, -0.05) is 18.2 Å². The van der Waals surface area contributed by atoms with Gasteiger partial charge in [0, 0.05) is 22.9 Å². The van der Waals surface area contributed by atoms with Crippen LogP contribution in [0.1, 0.15) is 17.5 Å². The zero-order chi connectivity index (χ0) is 14.4. The average Bonchev–Trinajstić information content (AvgIpc) is 2.83. The second-order valence-corrected chi connectivity index (χ2v) is 6.93. The number of hydrogen-bond donors (Lipinski definition) is 2. The minimum absolute atomic E-state index is 0.160. The molecular formula is C17H19NO3. The van der Waals surface area contributed by atoms with E-state index in [1.165, 1.54) is 11.1 Å². The zero-order valence-electron chi connectivity index (χ0n) is 12.0. The largest absolute Gasteiger partial charge is 0.504 e. The molecule has 0 aromatic heterocycles. The first kappa shape index (κ1) is 12.1. The molecule has 21 heavy (non-hydrogen) atoms. The smallest absolute Gasteiger partial charge is 0.165 e. The van der Waals surface area contributed by atoms with Crippen molar-refractivity contribution in [3.8, 4) is 11.5 Å². The molecule has 2 bridgehead atoms. The lowest BCUT2D eigenvalue weighted by Crippen LogP contribution is -2.64. The maximum atomic E-state index is 10.4. The Balaban J connectivity index is 1.84. The third-order valence-electron chi connectivity index (χ3n) is 6.15. The number of nitrogens with zero attached hydrogens (tertiary/aromatic N) is 1. The molecule has 2 aliphatic heterocycles. The molecule has 2 heterocycles. The van der Waals surface area contributed by atoms with Crippen molar-refractivity contribution in [1.82, 2.24) is 4.90 Å². The molecule has 5 atom stereocenters. The van der Waals surface area contributed by atoms with E-state index in [2.05, 4.69) is 18.0 Å². The van der Waals surface area contributed by atoms with E-state index < -0.39 is 6.10 Å². The maximum Gasteiger partial charge on any atom is 0.165 e. The van der Waals surface area contributed by atoms with Crippen molar-refractivity contribution in [3.63, 3.8) is 0 Å². The number of rotatable bonds is 0. The fraction of sp³-hybridized carbons (Fsp3) is 0.529. The van der Waals surface area contributed by atoms with E-state index in [4.69, 9.17) is 4.74 Å². The third kappa shape index (κ3) is 1.21. The Hall–Kier alpha value is -1.52. The van der Waals surface area contributed by atoms with Crippen molar-refractivity contribution in [2.24, 2.45) is 5.92 Å². The van der Waals surface area contributed by atoms with Crippen molar-refractivity contribution in [2.45, 2.75) is 36.5 Å². The highest BCUT2D eigenvalue weighted by Gasteiger charge is 2.64. The molecule has 1 fully saturated rings. The highest BCUT2D eigenvalue weighted by atomic mass is 16.5. The van der Waals surface area contributed by atoms with Gasteiger partial charge in [-0.25, -0.2) is 0 Å². The summed E-state index contributed by atoms with van der Waals surface area (Å²) in [5.74, 6) is 1.19. The van der Waals surface area contributed by atoms with Crippen molar-refractivity contribution >= 4 is 0 Å². The number of aromatic hydroxyl groups is 1. The lowest BCUT2D eigenvalue weighted by molar-refractivity contribution is -0.0453. The second kappa shape index (κ2) is 3.62. The van der Waals surface area contributed by atoms with Crippen LogP contribution in [-0.4, -0.2) is 47.0 Å². The van der Waals surface area contributed by atoms with Gasteiger partial charge in [0.15, 0.2) is 11.5 Å². The van der Waals surface area contributed by atoms with Crippen LogP contribution in [0.4, 0.5) is 0 Å². The standard InChI is InChI=1S/C17H19NO3/c1-18-7-6-17-10-3-5-13(20)16(17)21-15-12(19)4-2-9(14(15)17)8-11(10)18/h2-5,10-11,13,16,19-20H,6-8H2,1H3/t10-,11+,13-,16-,17?/m0/s1. The lowest BCUT2D eigenvalue weighted by Gasteiger charge is -2.56. The normalized spacial score (nSPS) is 42.6. The molecular weight excluding hydrogens is 266 g/mol. The van der Waals surface area contributed by atoms with E-state index in [9.17, 15) is 10.2 Å². The van der Waals surface area contributed by atoms with Crippen LogP contribution in [-0.2, 0) is 11.8 Å². The number of phenolic OH excluding ortho intramolecular Hbond substituents is 1. The van der Waals surface area contributed by atoms with Crippen molar-refractivity contribution in [3.05, 3.63) is 35.4 Å². The summed E-state index contributed by atoms with van der Waals surface area (Å²) in [6.45, 7) is 1.01. The Morgan fingerprint density at radius 2 is 2.19 bits per heavy atom. The van der Waals surface area contributed by atoms with Gasteiger partial charge in [-0.2, -0.15) is 0 Å². The van der Waals surface area contributed by atoms with Crippen LogP contribution >= 0.6 is 0 Å². The number of likely N-dealkylation sites (N-methyl/N-ethyl adjacent to an activating group) is 1. The van der Waals surface area contributed by atoms with Gasteiger partial charge >= 0.3 is 0 Å². The van der Waals surface area contributed by atoms with Crippen LogP contribution in [0.3, 0.4) is 0 Å². The van der Waals surface area contributed by atoms with Crippen LogP contribution < -0.4 is 4.74 Å². The summed E-state index contributed by atoms with van der Waals surface area (Å²) < 4.78 is 6.09. The van der Waals surface area contributed by atoms with Crippen LogP contribution in [0, 0.1) is 5.92 Å². The topological polar surface area (TPSA) is 52.9 Å². The molecule has 0 radical (unpaired) electrons. The number of benzene rings is 1. The molecule has 1 aromatic carbocycles. The van der Waals surface area contributed by atoms with E-state index in [1.807, 2.05) is 12.1 Å². The number of ether oxygens (including phenoxy) is 1. The highest BCUT2D eigenvalue weighted by molar-refractivity contribution is 5.61. The van der Waals surface area contributed by atoms with Crippen LogP contribution in [0.5, 0.6) is 11.5 Å². The van der Waals surface area contributed by atoms with E-state index >= 15 is 0 Å². The Kier molecular flexibility index (Phi) is 2.08. The number of aliphatic hydroxyl groups excluding tert-OH is 1.